The highest BCUT2D eigenvalue weighted by molar-refractivity contribution is 7.71. The summed E-state index contributed by atoms with van der Waals surface area (Å²) in [6.07, 6.45) is 0. The van der Waals surface area contributed by atoms with Crippen LogP contribution in [0.25, 0.3) is 28.0 Å². The molecular weight excluding hydrogens is 336 g/mol. The van der Waals surface area contributed by atoms with Gasteiger partial charge in [-0.2, -0.15) is 0 Å². The molecule has 2 nitrogen and oxygen atoms in total. The highest BCUT2D eigenvalue weighted by atomic mass is 35.5. The molecule has 4 aromatic rings. The molecule has 0 aliphatic heterocycles. The van der Waals surface area contributed by atoms with E-state index in [4.69, 9.17) is 28.8 Å². The quantitative estimate of drug-likeness (QED) is 0.409. The van der Waals surface area contributed by atoms with E-state index in [1.807, 2.05) is 83.4 Å². The molecule has 4 heteroatoms. The number of nitrogens with zero attached hydrogens (tertiary/aromatic N) is 2. The second kappa shape index (κ2) is 6.19. The van der Waals surface area contributed by atoms with E-state index in [-0.39, 0.29) is 0 Å². The third-order valence-corrected chi connectivity index (χ3v) is 4.55. The Morgan fingerprint density at radius 2 is 1.46 bits per heavy atom. The fraction of sp³-hybridized carbons (Fsp3) is 0. The molecule has 116 valence electrons. The van der Waals surface area contributed by atoms with Gasteiger partial charge in [-0.1, -0.05) is 66.3 Å². The topological polar surface area (TPSA) is 17.8 Å². The number of aromatic nitrogens is 2. The van der Waals surface area contributed by atoms with Gasteiger partial charge < -0.3 is 0 Å². The average molecular weight is 349 g/mol. The van der Waals surface area contributed by atoms with Crippen molar-refractivity contribution < 1.29 is 0 Å². The minimum atomic E-state index is 0.695. The van der Waals surface area contributed by atoms with Gasteiger partial charge in [0.05, 0.1) is 5.52 Å². The van der Waals surface area contributed by atoms with Crippen LogP contribution in [0.2, 0.25) is 5.02 Å². The first kappa shape index (κ1) is 15.1. The first-order valence-corrected chi connectivity index (χ1v) is 8.36. The Balaban J connectivity index is 2.11. The molecule has 0 saturated heterocycles. The lowest BCUT2D eigenvalue weighted by Crippen LogP contribution is -2.05. The van der Waals surface area contributed by atoms with Crippen LogP contribution >= 0.6 is 23.8 Å². The summed E-state index contributed by atoms with van der Waals surface area (Å²) in [5.74, 6) is 0.821. The van der Waals surface area contributed by atoms with Crippen LogP contribution in [-0.2, 0) is 0 Å². The fourth-order valence-electron chi connectivity index (χ4n) is 2.74. The van der Waals surface area contributed by atoms with Gasteiger partial charge in [-0.3, -0.25) is 4.57 Å². The number of halogens is 1. The molecule has 24 heavy (non-hydrogen) atoms. The van der Waals surface area contributed by atoms with Crippen molar-refractivity contribution in [2.24, 2.45) is 0 Å². The molecular formula is C20H13ClN2S. The number of para-hydroxylation sites is 1. The Hall–Kier alpha value is -2.49. The van der Waals surface area contributed by atoms with Gasteiger partial charge in [-0.15, -0.1) is 0 Å². The molecule has 0 aliphatic carbocycles. The molecule has 0 unspecified atom stereocenters. The predicted octanol–water partition coefficient (Wildman–Crippen LogP) is 6.08. The summed E-state index contributed by atoms with van der Waals surface area (Å²) in [4.78, 5) is 4.87. The minimum absolute atomic E-state index is 0.695. The Bertz CT molecular complexity index is 1070. The summed E-state index contributed by atoms with van der Waals surface area (Å²) in [7, 11) is 0. The lowest BCUT2D eigenvalue weighted by molar-refractivity contribution is 1.00. The number of hydrogen-bond acceptors (Lipinski definition) is 2. The smallest absolute Gasteiger partial charge is 0.146 e. The number of benzene rings is 3. The van der Waals surface area contributed by atoms with Crippen LogP contribution in [0.3, 0.4) is 0 Å². The monoisotopic (exact) mass is 348 g/mol. The van der Waals surface area contributed by atoms with E-state index in [2.05, 4.69) is 0 Å². The van der Waals surface area contributed by atoms with Gasteiger partial charge in [0.15, 0.2) is 0 Å². The van der Waals surface area contributed by atoms with Crippen molar-refractivity contribution in [1.29, 1.82) is 0 Å². The molecule has 0 atom stereocenters. The molecule has 0 aliphatic rings. The molecule has 4 rings (SSSR count). The van der Waals surface area contributed by atoms with Gasteiger partial charge in [-0.25, -0.2) is 4.98 Å². The van der Waals surface area contributed by atoms with Crippen LogP contribution in [0.4, 0.5) is 0 Å². The SMILES string of the molecule is S=c1c2ccccc2nc(-c2ccccc2)n1-c1ccc(Cl)cc1. The lowest BCUT2D eigenvalue weighted by atomic mass is 10.1. The van der Waals surface area contributed by atoms with E-state index in [1.165, 1.54) is 0 Å². The second-order valence-electron chi connectivity index (χ2n) is 5.44. The van der Waals surface area contributed by atoms with Gasteiger partial charge in [0.25, 0.3) is 0 Å². The van der Waals surface area contributed by atoms with Crippen molar-refractivity contribution >= 4 is 34.7 Å². The first-order valence-electron chi connectivity index (χ1n) is 7.57. The fourth-order valence-corrected chi connectivity index (χ4v) is 3.23. The molecule has 0 N–H and O–H groups in total. The maximum atomic E-state index is 6.04. The number of fused-ring (bicyclic) bond motifs is 1. The maximum absolute atomic E-state index is 6.04. The van der Waals surface area contributed by atoms with Gasteiger partial charge in [-0.05, 0) is 36.4 Å². The summed E-state index contributed by atoms with van der Waals surface area (Å²) in [5.41, 5.74) is 2.86. The third kappa shape index (κ3) is 2.62. The summed E-state index contributed by atoms with van der Waals surface area (Å²) in [5, 5.41) is 1.66. The summed E-state index contributed by atoms with van der Waals surface area (Å²) in [6, 6.07) is 25.7. The van der Waals surface area contributed by atoms with Crippen molar-refractivity contribution in [3.05, 3.63) is 88.5 Å². The van der Waals surface area contributed by atoms with Crippen LogP contribution in [0.15, 0.2) is 78.9 Å². The average Bonchev–Trinajstić information content (AvgIpc) is 2.63. The van der Waals surface area contributed by atoms with E-state index in [9.17, 15) is 0 Å². The van der Waals surface area contributed by atoms with Gasteiger partial charge in [0.2, 0.25) is 0 Å². The van der Waals surface area contributed by atoms with Gasteiger partial charge in [0, 0.05) is 21.7 Å². The minimum Gasteiger partial charge on any atom is -0.284 e. The molecule has 0 amide bonds. The van der Waals surface area contributed by atoms with Crippen molar-refractivity contribution in [2.45, 2.75) is 0 Å². The van der Waals surface area contributed by atoms with Crippen molar-refractivity contribution in [2.75, 3.05) is 0 Å². The van der Waals surface area contributed by atoms with Crippen LogP contribution in [0.1, 0.15) is 0 Å². The van der Waals surface area contributed by atoms with E-state index in [0.29, 0.717) is 5.02 Å². The zero-order valence-electron chi connectivity index (χ0n) is 12.7. The van der Waals surface area contributed by atoms with Gasteiger partial charge >= 0.3 is 0 Å². The highest BCUT2D eigenvalue weighted by Gasteiger charge is 2.12. The van der Waals surface area contributed by atoms with Crippen molar-refractivity contribution in [3.63, 3.8) is 0 Å². The zero-order valence-corrected chi connectivity index (χ0v) is 14.3. The van der Waals surface area contributed by atoms with Crippen LogP contribution in [0, 0.1) is 4.64 Å². The normalized spacial score (nSPS) is 10.9. The van der Waals surface area contributed by atoms with Crippen LogP contribution in [0.5, 0.6) is 0 Å². The van der Waals surface area contributed by atoms with Crippen LogP contribution < -0.4 is 0 Å². The largest absolute Gasteiger partial charge is 0.284 e. The zero-order chi connectivity index (χ0) is 16.5. The Kier molecular flexibility index (Phi) is 3.89. The highest BCUT2D eigenvalue weighted by Crippen LogP contribution is 2.26. The van der Waals surface area contributed by atoms with E-state index in [1.54, 1.807) is 0 Å². The van der Waals surface area contributed by atoms with Crippen LogP contribution in [-0.4, -0.2) is 9.55 Å². The summed E-state index contributed by atoms with van der Waals surface area (Å²) < 4.78 is 2.74. The van der Waals surface area contributed by atoms with E-state index in [0.717, 1.165) is 32.6 Å². The predicted molar refractivity (Wildman–Crippen MR) is 102 cm³/mol. The molecule has 0 bridgehead atoms. The molecule has 0 saturated carbocycles. The third-order valence-electron chi connectivity index (χ3n) is 3.89. The number of rotatable bonds is 2. The molecule has 1 aromatic heterocycles. The molecule has 0 spiro atoms. The molecule has 0 radical (unpaired) electrons. The molecule has 3 aromatic carbocycles. The Labute approximate surface area is 150 Å². The number of hydrogen-bond donors (Lipinski definition) is 0. The first-order chi connectivity index (χ1) is 11.7. The standard InChI is InChI=1S/C20H13ClN2S/c21-15-10-12-16(13-11-15)23-19(14-6-2-1-3-7-14)22-18-9-5-4-8-17(18)20(23)24/h1-13H. The molecule has 0 fully saturated rings. The van der Waals surface area contributed by atoms with Crippen molar-refractivity contribution in [3.8, 4) is 17.1 Å². The second-order valence-corrected chi connectivity index (χ2v) is 6.26. The Morgan fingerprint density at radius 1 is 0.792 bits per heavy atom. The lowest BCUT2D eigenvalue weighted by Gasteiger charge is -2.15. The Morgan fingerprint density at radius 3 is 2.21 bits per heavy atom. The maximum Gasteiger partial charge on any atom is 0.146 e. The van der Waals surface area contributed by atoms with Crippen molar-refractivity contribution in [1.82, 2.24) is 9.55 Å². The summed E-state index contributed by atoms with van der Waals surface area (Å²) >= 11 is 11.8. The molecule has 1 heterocycles. The van der Waals surface area contributed by atoms with E-state index >= 15 is 0 Å². The summed E-state index contributed by atoms with van der Waals surface area (Å²) in [6.45, 7) is 0. The van der Waals surface area contributed by atoms with E-state index < -0.39 is 0 Å². The van der Waals surface area contributed by atoms with Gasteiger partial charge in [0.1, 0.15) is 10.5 Å².